The van der Waals surface area contributed by atoms with Crippen LogP contribution in [0, 0.1) is 0 Å². The zero-order valence-electron chi connectivity index (χ0n) is 6.25. The van der Waals surface area contributed by atoms with Gasteiger partial charge in [0.05, 0.1) is 22.5 Å². The lowest BCUT2D eigenvalue weighted by Crippen LogP contribution is -1.85. The molecule has 0 aliphatic heterocycles. The largest absolute Gasteiger partial charge is 0.332 e. The maximum Gasteiger partial charge on any atom is 0.145 e. The number of halogens is 2. The Morgan fingerprint density at radius 1 is 1.50 bits per heavy atom. The molecule has 5 heteroatoms. The number of fused-ring (bicyclic) bond motifs is 1. The number of nitrogens with zero attached hydrogens (tertiary/aromatic N) is 3. The average Bonchev–Trinajstić information content (AvgIpc) is 2.41. The van der Waals surface area contributed by atoms with Crippen molar-refractivity contribution in [2.24, 2.45) is 7.05 Å². The Balaban J connectivity index is 2.93. The van der Waals surface area contributed by atoms with E-state index in [0.29, 0.717) is 5.15 Å². The molecule has 2 aromatic heterocycles. The van der Waals surface area contributed by atoms with Crippen molar-refractivity contribution in [2.75, 3.05) is 0 Å². The Morgan fingerprint density at radius 3 is 3.00 bits per heavy atom. The standard InChI is InChI=1S/C7H5BrClN3/c1-12-3-11-6-4(12)2-10-7(9)5(6)8/h2-3H,1H3. The van der Waals surface area contributed by atoms with Crippen LogP contribution in [0.1, 0.15) is 0 Å². The summed E-state index contributed by atoms with van der Waals surface area (Å²) < 4.78 is 2.64. The molecule has 62 valence electrons. The van der Waals surface area contributed by atoms with Crippen LogP contribution in [0.2, 0.25) is 5.15 Å². The number of hydrogen-bond donors (Lipinski definition) is 0. The predicted molar refractivity (Wildman–Crippen MR) is 51.2 cm³/mol. The SMILES string of the molecule is Cn1cnc2c(Br)c(Cl)ncc21. The van der Waals surface area contributed by atoms with Crippen LogP contribution in [0.4, 0.5) is 0 Å². The minimum absolute atomic E-state index is 0.446. The van der Waals surface area contributed by atoms with Crippen molar-refractivity contribution < 1.29 is 0 Å². The third kappa shape index (κ3) is 1.03. The molecule has 0 amide bonds. The van der Waals surface area contributed by atoms with E-state index in [1.54, 1.807) is 12.5 Å². The van der Waals surface area contributed by atoms with Crippen molar-refractivity contribution in [1.82, 2.24) is 14.5 Å². The summed E-state index contributed by atoms with van der Waals surface area (Å²) in [5.74, 6) is 0. The predicted octanol–water partition coefficient (Wildman–Crippen LogP) is 2.38. The van der Waals surface area contributed by atoms with Crippen molar-refractivity contribution in [3.8, 4) is 0 Å². The van der Waals surface area contributed by atoms with Crippen molar-refractivity contribution in [3.63, 3.8) is 0 Å². The number of pyridine rings is 1. The van der Waals surface area contributed by atoms with Crippen LogP contribution >= 0.6 is 27.5 Å². The first-order valence-electron chi connectivity index (χ1n) is 3.31. The Hall–Kier alpha value is -0.610. The number of aryl methyl sites for hydroxylation is 1. The Morgan fingerprint density at radius 2 is 2.25 bits per heavy atom. The van der Waals surface area contributed by atoms with Crippen LogP contribution in [-0.4, -0.2) is 14.5 Å². The van der Waals surface area contributed by atoms with E-state index in [0.717, 1.165) is 15.5 Å². The molecule has 0 fully saturated rings. The summed E-state index contributed by atoms with van der Waals surface area (Å²) in [7, 11) is 1.91. The summed E-state index contributed by atoms with van der Waals surface area (Å²) in [5, 5.41) is 0.446. The van der Waals surface area contributed by atoms with E-state index in [-0.39, 0.29) is 0 Å². The molecule has 2 aromatic rings. The lowest BCUT2D eigenvalue weighted by molar-refractivity contribution is 0.945. The first kappa shape index (κ1) is 8.01. The zero-order valence-corrected chi connectivity index (χ0v) is 8.59. The van der Waals surface area contributed by atoms with Gasteiger partial charge in [-0.3, -0.25) is 0 Å². The zero-order chi connectivity index (χ0) is 8.72. The van der Waals surface area contributed by atoms with E-state index in [4.69, 9.17) is 11.6 Å². The maximum atomic E-state index is 5.79. The van der Waals surface area contributed by atoms with Gasteiger partial charge in [-0.15, -0.1) is 0 Å². The Labute approximate surface area is 82.5 Å². The van der Waals surface area contributed by atoms with Crippen LogP contribution in [0.5, 0.6) is 0 Å². The maximum absolute atomic E-state index is 5.79. The number of imidazole rings is 1. The van der Waals surface area contributed by atoms with Crippen LogP contribution in [-0.2, 0) is 7.05 Å². The molecule has 0 aliphatic rings. The van der Waals surface area contributed by atoms with Gasteiger partial charge in [0.2, 0.25) is 0 Å². The van der Waals surface area contributed by atoms with Crippen molar-refractivity contribution in [1.29, 1.82) is 0 Å². The van der Waals surface area contributed by atoms with Crippen molar-refractivity contribution in [3.05, 3.63) is 22.1 Å². The van der Waals surface area contributed by atoms with E-state index in [1.165, 1.54) is 0 Å². The molecule has 0 saturated carbocycles. The molecule has 3 nitrogen and oxygen atoms in total. The molecule has 12 heavy (non-hydrogen) atoms. The van der Waals surface area contributed by atoms with Gasteiger partial charge in [0, 0.05) is 7.05 Å². The fraction of sp³-hybridized carbons (Fsp3) is 0.143. The fourth-order valence-corrected chi connectivity index (χ4v) is 1.58. The Bertz CT molecular complexity index is 437. The molecule has 0 N–H and O–H groups in total. The molecular weight excluding hydrogens is 241 g/mol. The summed E-state index contributed by atoms with van der Waals surface area (Å²) in [6, 6.07) is 0. The highest BCUT2D eigenvalue weighted by Gasteiger charge is 2.07. The van der Waals surface area contributed by atoms with E-state index in [9.17, 15) is 0 Å². The van der Waals surface area contributed by atoms with Crippen molar-refractivity contribution >= 4 is 38.6 Å². The summed E-state index contributed by atoms with van der Waals surface area (Å²) in [4.78, 5) is 8.17. The minimum Gasteiger partial charge on any atom is -0.332 e. The normalized spacial score (nSPS) is 10.9. The van der Waals surface area contributed by atoms with Gasteiger partial charge in [0.15, 0.2) is 0 Å². The molecule has 0 saturated heterocycles. The van der Waals surface area contributed by atoms with Gasteiger partial charge in [0.25, 0.3) is 0 Å². The monoisotopic (exact) mass is 245 g/mol. The summed E-state index contributed by atoms with van der Waals surface area (Å²) >= 11 is 9.11. The van der Waals surface area contributed by atoms with E-state index >= 15 is 0 Å². The van der Waals surface area contributed by atoms with Gasteiger partial charge in [-0.1, -0.05) is 11.6 Å². The van der Waals surface area contributed by atoms with Gasteiger partial charge in [-0.2, -0.15) is 0 Å². The molecule has 0 bridgehead atoms. The van der Waals surface area contributed by atoms with Gasteiger partial charge >= 0.3 is 0 Å². The van der Waals surface area contributed by atoms with E-state index in [1.807, 2.05) is 11.6 Å². The minimum atomic E-state index is 0.446. The second-order valence-electron chi connectivity index (χ2n) is 2.45. The first-order chi connectivity index (χ1) is 5.70. The lowest BCUT2D eigenvalue weighted by Gasteiger charge is -1.96. The number of rotatable bonds is 0. The van der Waals surface area contributed by atoms with Crippen LogP contribution < -0.4 is 0 Å². The Kier molecular flexibility index (Phi) is 1.81. The molecular formula is C7H5BrClN3. The fourth-order valence-electron chi connectivity index (χ4n) is 1.03. The highest BCUT2D eigenvalue weighted by molar-refractivity contribution is 9.10. The summed E-state index contributed by atoms with van der Waals surface area (Å²) in [6.45, 7) is 0. The highest BCUT2D eigenvalue weighted by Crippen LogP contribution is 2.27. The van der Waals surface area contributed by atoms with Crippen LogP contribution in [0.25, 0.3) is 11.0 Å². The average molecular weight is 246 g/mol. The van der Waals surface area contributed by atoms with E-state index in [2.05, 4.69) is 25.9 Å². The van der Waals surface area contributed by atoms with Gasteiger partial charge < -0.3 is 4.57 Å². The molecule has 0 spiro atoms. The van der Waals surface area contributed by atoms with Gasteiger partial charge in [-0.25, -0.2) is 9.97 Å². The van der Waals surface area contributed by atoms with Gasteiger partial charge in [-0.05, 0) is 15.9 Å². The van der Waals surface area contributed by atoms with E-state index < -0.39 is 0 Å². The van der Waals surface area contributed by atoms with Gasteiger partial charge in [0.1, 0.15) is 10.7 Å². The molecule has 2 rings (SSSR count). The topological polar surface area (TPSA) is 30.7 Å². The molecule has 0 radical (unpaired) electrons. The second kappa shape index (κ2) is 2.71. The smallest absolute Gasteiger partial charge is 0.145 e. The number of aromatic nitrogens is 3. The third-order valence-electron chi connectivity index (χ3n) is 1.67. The molecule has 0 aliphatic carbocycles. The quantitative estimate of drug-likeness (QED) is 0.668. The lowest BCUT2D eigenvalue weighted by atomic mass is 10.4. The molecule has 2 heterocycles. The molecule has 0 unspecified atom stereocenters. The summed E-state index contributed by atoms with van der Waals surface area (Å²) in [6.07, 6.45) is 3.43. The van der Waals surface area contributed by atoms with Crippen LogP contribution in [0.15, 0.2) is 17.0 Å². The highest BCUT2D eigenvalue weighted by atomic mass is 79.9. The molecule has 0 aromatic carbocycles. The second-order valence-corrected chi connectivity index (χ2v) is 3.60. The van der Waals surface area contributed by atoms with Crippen LogP contribution in [0.3, 0.4) is 0 Å². The molecule has 0 atom stereocenters. The summed E-state index contributed by atoms with van der Waals surface area (Å²) in [5.41, 5.74) is 1.81. The van der Waals surface area contributed by atoms with Crippen molar-refractivity contribution in [2.45, 2.75) is 0 Å². The third-order valence-corrected chi connectivity index (χ3v) is 2.94. The number of hydrogen-bond acceptors (Lipinski definition) is 2. The first-order valence-corrected chi connectivity index (χ1v) is 4.48.